The van der Waals surface area contributed by atoms with Gasteiger partial charge in [0.2, 0.25) is 0 Å². The maximum absolute atomic E-state index is 12.9. The average molecular weight is 334 g/mol. The summed E-state index contributed by atoms with van der Waals surface area (Å²) in [5.41, 5.74) is 4.51. The molecular weight excluding hydrogens is 312 g/mol. The summed E-state index contributed by atoms with van der Waals surface area (Å²) in [6.07, 6.45) is 4.89. The summed E-state index contributed by atoms with van der Waals surface area (Å²) < 4.78 is 1.73. The molecule has 0 atom stereocenters. The number of aryl methyl sites for hydroxylation is 2. The van der Waals surface area contributed by atoms with Gasteiger partial charge in [-0.05, 0) is 43.0 Å². The van der Waals surface area contributed by atoms with Crippen molar-refractivity contribution < 1.29 is 4.79 Å². The van der Waals surface area contributed by atoms with Crippen molar-refractivity contribution in [3.63, 3.8) is 0 Å². The summed E-state index contributed by atoms with van der Waals surface area (Å²) in [4.78, 5) is 17.2. The number of nitrogens with one attached hydrogen (secondary N) is 1. The molecule has 0 bridgehead atoms. The highest BCUT2D eigenvalue weighted by Gasteiger charge is 2.19. The highest BCUT2D eigenvalue weighted by molar-refractivity contribution is 6.05. The number of rotatable bonds is 5. The summed E-state index contributed by atoms with van der Waals surface area (Å²) in [6.45, 7) is 6.10. The first kappa shape index (κ1) is 16.9. The normalized spacial score (nSPS) is 10.7. The van der Waals surface area contributed by atoms with Gasteiger partial charge in [0.05, 0.1) is 17.5 Å². The van der Waals surface area contributed by atoms with E-state index in [1.54, 1.807) is 17.1 Å². The van der Waals surface area contributed by atoms with Crippen LogP contribution in [0.3, 0.4) is 0 Å². The van der Waals surface area contributed by atoms with Gasteiger partial charge in [-0.2, -0.15) is 5.10 Å². The van der Waals surface area contributed by atoms with Gasteiger partial charge in [0.15, 0.2) is 5.82 Å². The molecule has 0 spiro atoms. The van der Waals surface area contributed by atoms with Crippen molar-refractivity contribution in [1.82, 2.24) is 14.8 Å². The molecule has 0 saturated heterocycles. The molecular formula is C20H22N4O. The third kappa shape index (κ3) is 3.31. The molecule has 25 heavy (non-hydrogen) atoms. The number of anilines is 1. The highest BCUT2D eigenvalue weighted by atomic mass is 16.1. The van der Waals surface area contributed by atoms with Crippen LogP contribution < -0.4 is 5.32 Å². The van der Waals surface area contributed by atoms with Crippen LogP contribution in [0.2, 0.25) is 0 Å². The quantitative estimate of drug-likeness (QED) is 0.768. The molecule has 0 radical (unpaired) electrons. The van der Waals surface area contributed by atoms with Crippen LogP contribution in [-0.2, 0) is 12.8 Å². The summed E-state index contributed by atoms with van der Waals surface area (Å²) >= 11 is 0. The number of carbonyl (C=O) groups excluding carboxylic acids is 1. The largest absolute Gasteiger partial charge is 0.321 e. The molecule has 0 saturated carbocycles. The Labute approximate surface area is 147 Å². The van der Waals surface area contributed by atoms with Crippen LogP contribution in [0.15, 0.2) is 48.8 Å². The maximum atomic E-state index is 12.9. The van der Waals surface area contributed by atoms with Crippen LogP contribution in [0.5, 0.6) is 0 Å². The Balaban J connectivity index is 1.95. The fourth-order valence-electron chi connectivity index (χ4n) is 2.96. The van der Waals surface area contributed by atoms with Gasteiger partial charge in [-0.3, -0.25) is 4.79 Å². The van der Waals surface area contributed by atoms with E-state index in [1.807, 2.05) is 50.2 Å². The van der Waals surface area contributed by atoms with E-state index < -0.39 is 0 Å². The van der Waals surface area contributed by atoms with E-state index >= 15 is 0 Å². The molecule has 2 aromatic heterocycles. The Morgan fingerprint density at radius 2 is 1.96 bits per heavy atom. The van der Waals surface area contributed by atoms with Gasteiger partial charge >= 0.3 is 0 Å². The van der Waals surface area contributed by atoms with Crippen molar-refractivity contribution in [3.8, 4) is 5.82 Å². The lowest BCUT2D eigenvalue weighted by molar-refractivity contribution is 0.102. The molecule has 0 fully saturated rings. The third-order valence-electron chi connectivity index (χ3n) is 4.29. The molecule has 0 aliphatic heterocycles. The van der Waals surface area contributed by atoms with Crippen molar-refractivity contribution in [2.75, 3.05) is 5.32 Å². The number of nitrogens with zero attached hydrogens (tertiary/aromatic N) is 3. The molecule has 1 amide bonds. The standard InChI is InChI=1S/C20H22N4O/c1-4-15-10-8-9-14(3)19(15)23-20(25)16-13-22-24(17(16)5-2)18-11-6-7-12-21-18/h6-13H,4-5H2,1-3H3,(H,23,25). The molecule has 1 N–H and O–H groups in total. The van der Waals surface area contributed by atoms with E-state index in [9.17, 15) is 4.79 Å². The first-order chi connectivity index (χ1) is 12.2. The number of carbonyl (C=O) groups is 1. The van der Waals surface area contributed by atoms with Gasteiger partial charge in [-0.15, -0.1) is 0 Å². The Bertz CT molecular complexity index is 884. The minimum absolute atomic E-state index is 0.136. The number of benzene rings is 1. The topological polar surface area (TPSA) is 59.8 Å². The van der Waals surface area contributed by atoms with E-state index in [2.05, 4.69) is 22.3 Å². The Morgan fingerprint density at radius 1 is 1.12 bits per heavy atom. The Kier molecular flexibility index (Phi) is 4.93. The monoisotopic (exact) mass is 334 g/mol. The van der Waals surface area contributed by atoms with Gasteiger partial charge in [0.1, 0.15) is 0 Å². The average Bonchev–Trinajstić information content (AvgIpc) is 3.08. The van der Waals surface area contributed by atoms with Crippen LogP contribution in [-0.4, -0.2) is 20.7 Å². The zero-order valence-corrected chi connectivity index (χ0v) is 14.8. The van der Waals surface area contributed by atoms with E-state index in [1.165, 1.54) is 0 Å². The molecule has 2 heterocycles. The number of amides is 1. The minimum Gasteiger partial charge on any atom is -0.321 e. The number of hydrogen-bond acceptors (Lipinski definition) is 3. The predicted molar refractivity (Wildman–Crippen MR) is 99.2 cm³/mol. The van der Waals surface area contributed by atoms with Crippen molar-refractivity contribution in [1.29, 1.82) is 0 Å². The summed E-state index contributed by atoms with van der Waals surface area (Å²) in [7, 11) is 0. The molecule has 1 aromatic carbocycles. The molecule has 3 rings (SSSR count). The van der Waals surface area contributed by atoms with Crippen molar-refractivity contribution in [3.05, 3.63) is 71.2 Å². The molecule has 3 aromatic rings. The minimum atomic E-state index is -0.136. The summed E-state index contributed by atoms with van der Waals surface area (Å²) in [5, 5.41) is 7.45. The van der Waals surface area contributed by atoms with Crippen LogP contribution in [0.4, 0.5) is 5.69 Å². The third-order valence-corrected chi connectivity index (χ3v) is 4.29. The van der Waals surface area contributed by atoms with Crippen LogP contribution in [0.1, 0.15) is 41.0 Å². The second kappa shape index (κ2) is 7.30. The molecule has 128 valence electrons. The van der Waals surface area contributed by atoms with E-state index in [0.717, 1.165) is 28.9 Å². The van der Waals surface area contributed by atoms with Crippen molar-refractivity contribution in [2.45, 2.75) is 33.6 Å². The Morgan fingerprint density at radius 3 is 2.64 bits per heavy atom. The second-order valence-electron chi connectivity index (χ2n) is 5.87. The lowest BCUT2D eigenvalue weighted by Crippen LogP contribution is -2.16. The number of aromatic nitrogens is 3. The predicted octanol–water partition coefficient (Wildman–Crippen LogP) is 3.95. The Hall–Kier alpha value is -2.95. The first-order valence-electron chi connectivity index (χ1n) is 8.53. The van der Waals surface area contributed by atoms with Gasteiger partial charge in [0, 0.05) is 11.9 Å². The molecule has 0 aliphatic rings. The lowest BCUT2D eigenvalue weighted by atomic mass is 10.1. The maximum Gasteiger partial charge on any atom is 0.259 e. The van der Waals surface area contributed by atoms with Crippen molar-refractivity contribution in [2.24, 2.45) is 0 Å². The lowest BCUT2D eigenvalue weighted by Gasteiger charge is -2.13. The fraction of sp³-hybridized carbons (Fsp3) is 0.250. The summed E-state index contributed by atoms with van der Waals surface area (Å²) in [6, 6.07) is 11.7. The molecule has 0 unspecified atom stereocenters. The van der Waals surface area contributed by atoms with Gasteiger partial charge in [-0.25, -0.2) is 9.67 Å². The van der Waals surface area contributed by atoms with Gasteiger partial charge in [0.25, 0.3) is 5.91 Å². The van der Waals surface area contributed by atoms with Crippen LogP contribution >= 0.6 is 0 Å². The fourth-order valence-corrected chi connectivity index (χ4v) is 2.96. The van der Waals surface area contributed by atoms with Crippen molar-refractivity contribution >= 4 is 11.6 Å². The van der Waals surface area contributed by atoms with Crippen LogP contribution in [0, 0.1) is 6.92 Å². The molecule has 0 aliphatic carbocycles. The zero-order valence-electron chi connectivity index (χ0n) is 14.8. The zero-order chi connectivity index (χ0) is 17.8. The molecule has 5 heteroatoms. The summed E-state index contributed by atoms with van der Waals surface area (Å²) in [5.74, 6) is 0.576. The van der Waals surface area contributed by atoms with Crippen LogP contribution in [0.25, 0.3) is 5.82 Å². The molecule has 5 nitrogen and oxygen atoms in total. The van der Waals surface area contributed by atoms with E-state index in [4.69, 9.17) is 0 Å². The van der Waals surface area contributed by atoms with Gasteiger partial charge in [-0.1, -0.05) is 38.1 Å². The second-order valence-corrected chi connectivity index (χ2v) is 5.87. The number of pyridine rings is 1. The van der Waals surface area contributed by atoms with E-state index in [-0.39, 0.29) is 5.91 Å². The van der Waals surface area contributed by atoms with E-state index in [0.29, 0.717) is 17.8 Å². The highest BCUT2D eigenvalue weighted by Crippen LogP contribution is 2.23. The SMILES string of the molecule is CCc1cccc(C)c1NC(=O)c1cnn(-c2ccccn2)c1CC. The first-order valence-corrected chi connectivity index (χ1v) is 8.53. The van der Waals surface area contributed by atoms with Gasteiger partial charge < -0.3 is 5.32 Å². The smallest absolute Gasteiger partial charge is 0.259 e. The number of hydrogen-bond donors (Lipinski definition) is 1. The number of para-hydroxylation sites is 1.